The lowest BCUT2D eigenvalue weighted by Gasteiger charge is -2.37. The van der Waals surface area contributed by atoms with E-state index in [0.29, 0.717) is 5.92 Å². The number of aliphatic hydroxyl groups excluding tert-OH is 1. The van der Waals surface area contributed by atoms with Gasteiger partial charge in [0.25, 0.3) is 0 Å². The van der Waals surface area contributed by atoms with E-state index < -0.39 is 18.1 Å². The van der Waals surface area contributed by atoms with E-state index in [1.165, 1.54) is 4.90 Å². The summed E-state index contributed by atoms with van der Waals surface area (Å²) in [6.07, 6.45) is 3.15. The van der Waals surface area contributed by atoms with Gasteiger partial charge in [-0.1, -0.05) is 20.8 Å². The maximum atomic E-state index is 12.6. The Hall–Kier alpha value is -1.10. The van der Waals surface area contributed by atoms with Gasteiger partial charge in [0.2, 0.25) is 5.91 Å². The molecule has 120 valence electrons. The number of hydrogen-bond donors (Lipinski definition) is 2. The van der Waals surface area contributed by atoms with Gasteiger partial charge in [-0.2, -0.15) is 0 Å². The molecule has 0 unspecified atom stereocenters. The standard InChI is InChI=1S/C16H27NO4/c1-16(2,3)11-6-4-10(5-7-11)14(19)17-9-12(18)8-13(17)15(20)21/h10-13,18H,4-9H2,1-3H3,(H,20,21)/t10?,11?,12-,13-/m0/s1. The number of carboxylic acid groups (broad SMARTS) is 1. The SMILES string of the molecule is CC(C)(C)C1CCC(C(=O)N2C[C@@H](O)C[C@H]2C(=O)O)CC1. The number of likely N-dealkylation sites (tertiary alicyclic amines) is 1. The van der Waals surface area contributed by atoms with Crippen molar-refractivity contribution in [2.24, 2.45) is 17.3 Å². The first-order chi connectivity index (χ1) is 9.70. The van der Waals surface area contributed by atoms with Crippen molar-refractivity contribution in [3.05, 3.63) is 0 Å². The Kier molecular flexibility index (Phi) is 4.61. The van der Waals surface area contributed by atoms with Crippen molar-refractivity contribution in [3.8, 4) is 0 Å². The zero-order valence-corrected chi connectivity index (χ0v) is 13.2. The van der Waals surface area contributed by atoms with Gasteiger partial charge in [-0.3, -0.25) is 4.79 Å². The monoisotopic (exact) mass is 297 g/mol. The summed E-state index contributed by atoms with van der Waals surface area (Å²) in [6, 6.07) is -0.854. The highest BCUT2D eigenvalue weighted by Crippen LogP contribution is 2.40. The minimum Gasteiger partial charge on any atom is -0.480 e. The summed E-state index contributed by atoms with van der Waals surface area (Å²) in [7, 11) is 0. The largest absolute Gasteiger partial charge is 0.480 e. The zero-order valence-electron chi connectivity index (χ0n) is 13.2. The predicted octanol–water partition coefficient (Wildman–Crippen LogP) is 1.89. The third kappa shape index (κ3) is 3.57. The van der Waals surface area contributed by atoms with Gasteiger partial charge >= 0.3 is 5.97 Å². The lowest BCUT2D eigenvalue weighted by molar-refractivity contribution is -0.150. The fraction of sp³-hybridized carbons (Fsp3) is 0.875. The van der Waals surface area contributed by atoms with E-state index in [-0.39, 0.29) is 30.2 Å². The van der Waals surface area contributed by atoms with Crippen LogP contribution in [-0.4, -0.2) is 45.7 Å². The molecule has 0 aromatic carbocycles. The van der Waals surface area contributed by atoms with Crippen LogP contribution in [0.1, 0.15) is 52.9 Å². The summed E-state index contributed by atoms with van der Waals surface area (Å²) in [6.45, 7) is 6.86. The van der Waals surface area contributed by atoms with Gasteiger partial charge in [-0.05, 0) is 37.0 Å². The fourth-order valence-electron chi connectivity index (χ4n) is 3.73. The van der Waals surface area contributed by atoms with Crippen molar-refractivity contribution in [1.82, 2.24) is 4.90 Å². The first-order valence-electron chi connectivity index (χ1n) is 7.91. The highest BCUT2D eigenvalue weighted by molar-refractivity contribution is 5.85. The van der Waals surface area contributed by atoms with Crippen LogP contribution >= 0.6 is 0 Å². The Morgan fingerprint density at radius 1 is 1.10 bits per heavy atom. The third-order valence-corrected chi connectivity index (χ3v) is 5.15. The van der Waals surface area contributed by atoms with Crippen LogP contribution < -0.4 is 0 Å². The van der Waals surface area contributed by atoms with Crippen molar-refractivity contribution in [1.29, 1.82) is 0 Å². The number of carbonyl (C=O) groups is 2. The van der Waals surface area contributed by atoms with E-state index in [1.54, 1.807) is 0 Å². The molecule has 0 aromatic rings. The molecule has 0 radical (unpaired) electrons. The van der Waals surface area contributed by atoms with E-state index >= 15 is 0 Å². The molecule has 2 N–H and O–H groups in total. The number of hydrogen-bond acceptors (Lipinski definition) is 3. The summed E-state index contributed by atoms with van der Waals surface area (Å²) >= 11 is 0. The molecule has 2 atom stereocenters. The lowest BCUT2D eigenvalue weighted by atomic mass is 9.69. The van der Waals surface area contributed by atoms with Crippen LogP contribution in [0.15, 0.2) is 0 Å². The maximum absolute atomic E-state index is 12.6. The van der Waals surface area contributed by atoms with E-state index in [1.807, 2.05) is 0 Å². The van der Waals surface area contributed by atoms with Gasteiger partial charge in [0, 0.05) is 18.9 Å². The van der Waals surface area contributed by atoms with Crippen molar-refractivity contribution in [3.63, 3.8) is 0 Å². The summed E-state index contributed by atoms with van der Waals surface area (Å²) < 4.78 is 0. The number of amides is 1. The maximum Gasteiger partial charge on any atom is 0.326 e. The van der Waals surface area contributed by atoms with E-state index in [0.717, 1.165) is 25.7 Å². The molecular weight excluding hydrogens is 270 g/mol. The Bertz CT molecular complexity index is 407. The Morgan fingerprint density at radius 2 is 1.67 bits per heavy atom. The minimum absolute atomic E-state index is 0.0734. The van der Waals surface area contributed by atoms with Gasteiger partial charge in [-0.25, -0.2) is 4.79 Å². The van der Waals surface area contributed by atoms with Gasteiger partial charge in [0.15, 0.2) is 0 Å². The summed E-state index contributed by atoms with van der Waals surface area (Å²) in [5, 5.41) is 18.9. The highest BCUT2D eigenvalue weighted by atomic mass is 16.4. The van der Waals surface area contributed by atoms with Crippen molar-refractivity contribution < 1.29 is 19.8 Å². The average molecular weight is 297 g/mol. The second-order valence-corrected chi connectivity index (χ2v) is 7.65. The molecule has 2 aliphatic rings. The van der Waals surface area contributed by atoms with Crippen LogP contribution in [-0.2, 0) is 9.59 Å². The van der Waals surface area contributed by atoms with Gasteiger partial charge in [0.1, 0.15) is 6.04 Å². The van der Waals surface area contributed by atoms with Crippen LogP contribution in [0.2, 0.25) is 0 Å². The molecular formula is C16H27NO4. The van der Waals surface area contributed by atoms with Crippen molar-refractivity contribution >= 4 is 11.9 Å². The Labute approximate surface area is 126 Å². The van der Waals surface area contributed by atoms with Crippen LogP contribution in [0.5, 0.6) is 0 Å². The Morgan fingerprint density at radius 3 is 2.14 bits per heavy atom. The molecule has 1 saturated heterocycles. The number of β-amino-alcohol motifs (C(OH)–C–C–N with tert-alkyl or cyclic N) is 1. The molecule has 2 rings (SSSR count). The molecule has 0 aromatic heterocycles. The molecule has 1 heterocycles. The van der Waals surface area contributed by atoms with Crippen LogP contribution in [0, 0.1) is 17.3 Å². The summed E-state index contributed by atoms with van der Waals surface area (Å²) in [5.74, 6) is -0.536. The molecule has 21 heavy (non-hydrogen) atoms. The second-order valence-electron chi connectivity index (χ2n) is 7.65. The molecule has 1 saturated carbocycles. The van der Waals surface area contributed by atoms with Gasteiger partial charge in [0.05, 0.1) is 6.10 Å². The smallest absolute Gasteiger partial charge is 0.326 e. The van der Waals surface area contributed by atoms with Crippen molar-refractivity contribution in [2.75, 3.05) is 6.54 Å². The van der Waals surface area contributed by atoms with E-state index in [4.69, 9.17) is 0 Å². The predicted molar refractivity (Wildman–Crippen MR) is 78.7 cm³/mol. The lowest BCUT2D eigenvalue weighted by Crippen LogP contribution is -2.44. The van der Waals surface area contributed by atoms with Gasteiger partial charge in [-0.15, -0.1) is 0 Å². The fourth-order valence-corrected chi connectivity index (χ4v) is 3.73. The highest BCUT2D eigenvalue weighted by Gasteiger charge is 2.42. The quantitative estimate of drug-likeness (QED) is 0.816. The number of aliphatic hydroxyl groups is 1. The number of carbonyl (C=O) groups excluding carboxylic acids is 1. The molecule has 5 nitrogen and oxygen atoms in total. The normalized spacial score (nSPS) is 34.0. The molecule has 1 amide bonds. The number of rotatable bonds is 2. The molecule has 1 aliphatic carbocycles. The molecule has 5 heteroatoms. The second kappa shape index (κ2) is 5.95. The van der Waals surface area contributed by atoms with Crippen LogP contribution in [0.4, 0.5) is 0 Å². The molecule has 1 aliphatic heterocycles. The molecule has 0 bridgehead atoms. The average Bonchev–Trinajstić information content (AvgIpc) is 2.79. The van der Waals surface area contributed by atoms with E-state index in [9.17, 15) is 19.8 Å². The minimum atomic E-state index is -1.01. The number of nitrogens with zero attached hydrogens (tertiary/aromatic N) is 1. The number of carboxylic acids is 1. The number of aliphatic carboxylic acids is 1. The van der Waals surface area contributed by atoms with Crippen LogP contribution in [0.25, 0.3) is 0 Å². The summed E-state index contributed by atoms with van der Waals surface area (Å²) in [4.78, 5) is 25.2. The molecule has 0 spiro atoms. The zero-order chi connectivity index (χ0) is 15.8. The van der Waals surface area contributed by atoms with Crippen molar-refractivity contribution in [2.45, 2.75) is 65.0 Å². The topological polar surface area (TPSA) is 77.8 Å². The van der Waals surface area contributed by atoms with E-state index in [2.05, 4.69) is 20.8 Å². The van der Waals surface area contributed by atoms with Gasteiger partial charge < -0.3 is 15.1 Å². The first kappa shape index (κ1) is 16.3. The third-order valence-electron chi connectivity index (χ3n) is 5.15. The molecule has 2 fully saturated rings. The van der Waals surface area contributed by atoms with Crippen LogP contribution in [0.3, 0.4) is 0 Å². The first-order valence-corrected chi connectivity index (χ1v) is 7.91. The Balaban J connectivity index is 1.97. The summed E-state index contributed by atoms with van der Waals surface area (Å²) in [5.41, 5.74) is 0.265.